The van der Waals surface area contributed by atoms with E-state index in [1.54, 1.807) is 0 Å². The summed E-state index contributed by atoms with van der Waals surface area (Å²) >= 11 is 1.44. The number of aliphatic carboxylic acids is 2. The number of aliphatic hydroxyl groups is 4. The Morgan fingerprint density at radius 3 is 1.19 bits per heavy atom. The number of aromatic nitrogens is 8. The molecule has 108 heavy (non-hydrogen) atoms. The monoisotopic (exact) mass is 1710 g/mol. The zero-order valence-corrected chi connectivity index (χ0v) is 63.3. The molecule has 6 heterocycles. The molecule has 2 saturated heterocycles. The SMILES string of the molecule is CC(C)(COP(=O)(O)OP(=O)(O)OC[C@H]1O[C@@H](n2cnc3c(N)ncnc32)[C@H](O)[C@@H]1OP(=O)(O)O)[C@@H](O)C(=O)NCCC(=O)NCCSC(=O)CC(=O)O.CC(C)(COP(=O)(O)OP(=O)(O)OC[C@H]1O[C@@H](n2cnc3c(N)ncnc32)[C@H](O)[C@@H]1OP(=O)(O)O)[C@@H](O)C(=O)NCCC(=O)NCCSC(=O)CC(=O)O. The van der Waals surface area contributed by atoms with Crippen molar-refractivity contribution in [2.24, 2.45) is 10.8 Å². The van der Waals surface area contributed by atoms with Gasteiger partial charge in [0.15, 0.2) is 45.6 Å². The van der Waals surface area contributed by atoms with Gasteiger partial charge in [-0.1, -0.05) is 51.2 Å². The van der Waals surface area contributed by atoms with Crippen LogP contribution in [0.5, 0.6) is 0 Å². The summed E-state index contributed by atoms with van der Waals surface area (Å²) in [6.45, 7) is 0.264. The van der Waals surface area contributed by atoms with Gasteiger partial charge in [-0.3, -0.25) is 74.6 Å². The molecule has 0 radical (unpaired) electrons. The van der Waals surface area contributed by atoms with Crippen LogP contribution in [-0.4, -0.2) is 268 Å². The van der Waals surface area contributed by atoms with Gasteiger partial charge in [-0.15, -0.1) is 0 Å². The lowest BCUT2D eigenvalue weighted by Gasteiger charge is -2.30. The molecule has 4 unspecified atom stereocenters. The van der Waals surface area contributed by atoms with Crippen LogP contribution < -0.4 is 32.7 Å². The first-order valence-electron chi connectivity index (χ1n) is 30.4. The number of nitrogens with zero attached hydrogens (tertiary/aromatic N) is 8. The summed E-state index contributed by atoms with van der Waals surface area (Å²) < 4.78 is 124. The summed E-state index contributed by atoms with van der Waals surface area (Å²) in [5, 5.41) is 68.0. The number of anilines is 2. The topological polar surface area (TPSA) is 802 Å². The first-order chi connectivity index (χ1) is 49.8. The molecule has 14 atom stereocenters. The van der Waals surface area contributed by atoms with Crippen LogP contribution in [0.2, 0.25) is 0 Å². The lowest BCUT2D eigenvalue weighted by atomic mass is 9.87. The van der Waals surface area contributed by atoms with Gasteiger partial charge < -0.3 is 112 Å². The summed E-state index contributed by atoms with van der Waals surface area (Å²) in [4.78, 5) is 194. The smallest absolute Gasteiger partial charge is 0.481 e. The van der Waals surface area contributed by atoms with Crippen LogP contribution in [-0.2, 0) is 111 Å². The number of hydrogen-bond donors (Lipinski definition) is 20. The quantitative estimate of drug-likeness (QED) is 0.0115. The molecule has 22 N–H and O–H groups in total. The molecule has 52 nitrogen and oxygen atoms in total. The molecular formula is C48H76N14O38P6S2. The third-order valence-corrected chi connectivity index (χ3v) is 22.1. The second kappa shape index (κ2) is 39.5. The number of nitrogen functional groups attached to an aromatic ring is 2. The van der Waals surface area contributed by atoms with Gasteiger partial charge in [0, 0.05) is 61.4 Å². The minimum Gasteiger partial charge on any atom is -0.481 e. The third kappa shape index (κ3) is 29.6. The van der Waals surface area contributed by atoms with E-state index in [4.69, 9.17) is 49.2 Å². The lowest BCUT2D eigenvalue weighted by molar-refractivity contribution is -0.140. The largest absolute Gasteiger partial charge is 0.481 e. The van der Waals surface area contributed by atoms with E-state index in [9.17, 15) is 125 Å². The van der Waals surface area contributed by atoms with Crippen LogP contribution in [0.4, 0.5) is 11.6 Å². The standard InChI is InChI=1S/2C24H38N7O19P3S/c2*1-24(2,19(37)22(38)27-4-3-13(32)26-5-6-54-15(35)7-14(33)34)9-47-53(44,45)50-52(42,43)46-8-12-18(49-51(39,40)41)17(36)23(48-12)31-11-30-16-20(25)28-10-29-21(16)31/h2*10-12,17-19,23,36-37H,3-9H2,1-2H3,(H,26,32)(H,27,38)(H,33,34)(H,42,43)(H,44,45)(H2,25,28,29)(H2,39,40,41)/t2*12-,17-,18-,19+,23-/m11/s1. The number of phosphoric acid groups is 6. The van der Waals surface area contributed by atoms with Gasteiger partial charge in [-0.25, -0.2) is 57.3 Å². The minimum atomic E-state index is -5.59. The van der Waals surface area contributed by atoms with Gasteiger partial charge in [0.05, 0.1) is 39.1 Å². The van der Waals surface area contributed by atoms with E-state index in [1.807, 2.05) is 0 Å². The maximum atomic E-state index is 12.6. The van der Waals surface area contributed by atoms with Crippen LogP contribution >= 0.6 is 70.5 Å². The highest BCUT2D eigenvalue weighted by Gasteiger charge is 2.53. The average molecular weight is 1710 g/mol. The third-order valence-electron chi connectivity index (χ3n) is 14.1. The molecule has 2 aliphatic heterocycles. The Bertz CT molecular complexity index is 3910. The molecule has 0 bridgehead atoms. The van der Waals surface area contributed by atoms with Crippen molar-refractivity contribution in [1.82, 2.24) is 60.3 Å². The maximum absolute atomic E-state index is 12.6. The van der Waals surface area contributed by atoms with Gasteiger partial charge in [-0.2, -0.15) is 8.62 Å². The van der Waals surface area contributed by atoms with Crippen LogP contribution in [0.3, 0.4) is 0 Å². The fourth-order valence-electron chi connectivity index (χ4n) is 8.94. The van der Waals surface area contributed by atoms with Crippen molar-refractivity contribution in [3.05, 3.63) is 25.3 Å². The van der Waals surface area contributed by atoms with Crippen LogP contribution in [0.1, 0.15) is 65.8 Å². The van der Waals surface area contributed by atoms with Gasteiger partial charge >= 0.3 is 58.9 Å². The zero-order valence-electron chi connectivity index (χ0n) is 56.3. The number of imidazole rings is 2. The Balaban J connectivity index is 0.000000387. The first-order valence-corrected chi connectivity index (χ1v) is 41.4. The van der Waals surface area contributed by atoms with E-state index in [-0.39, 0.29) is 84.5 Å². The number of fused-ring (bicyclic) bond motifs is 2. The highest BCUT2D eigenvalue weighted by atomic mass is 32.2. The second-order valence-electron chi connectivity index (χ2n) is 23.7. The normalized spacial score (nSPS) is 21.9. The van der Waals surface area contributed by atoms with E-state index < -0.39 is 204 Å². The number of nitrogens with two attached hydrogens (primary N) is 2. The van der Waals surface area contributed by atoms with E-state index in [0.29, 0.717) is 0 Å². The van der Waals surface area contributed by atoms with Crippen LogP contribution in [0, 0.1) is 10.8 Å². The van der Waals surface area contributed by atoms with Gasteiger partial charge in [0.2, 0.25) is 23.6 Å². The average Bonchev–Trinajstić information content (AvgIpc) is 1.62. The molecular weight excluding hydrogens is 1630 g/mol. The summed E-state index contributed by atoms with van der Waals surface area (Å²) in [6, 6.07) is 0. The number of amides is 4. The number of ether oxygens (including phenoxy) is 2. The maximum Gasteiger partial charge on any atom is 0.481 e. The Kier molecular flexibility index (Phi) is 33.9. The number of phosphoric ester groups is 6. The Morgan fingerprint density at radius 1 is 0.528 bits per heavy atom. The number of carbonyl (C=O) groups is 8. The van der Waals surface area contributed by atoms with E-state index in [2.05, 4.69) is 68.8 Å². The Hall–Kier alpha value is -5.94. The number of carbonyl (C=O) groups excluding carboxylic acids is 6. The van der Waals surface area contributed by atoms with E-state index in [0.717, 1.165) is 58.0 Å². The zero-order chi connectivity index (χ0) is 81.3. The van der Waals surface area contributed by atoms with Crippen LogP contribution in [0.25, 0.3) is 22.3 Å². The molecule has 0 aromatic carbocycles. The molecule has 0 spiro atoms. The van der Waals surface area contributed by atoms with Crippen LogP contribution in [0.15, 0.2) is 25.3 Å². The van der Waals surface area contributed by atoms with Crippen molar-refractivity contribution >= 4 is 150 Å². The molecule has 60 heteroatoms. The van der Waals surface area contributed by atoms with Crippen molar-refractivity contribution in [2.45, 2.75) is 115 Å². The molecule has 4 amide bonds. The number of aliphatic hydroxyl groups excluding tert-OH is 4. The summed E-state index contributed by atoms with van der Waals surface area (Å²) in [6.07, 6.45) is -15.6. The number of hydrogen-bond acceptors (Lipinski definition) is 38. The van der Waals surface area contributed by atoms with Crippen molar-refractivity contribution in [1.29, 1.82) is 0 Å². The number of carboxylic acid groups (broad SMARTS) is 2. The molecule has 4 aromatic rings. The molecule has 0 saturated carbocycles. The number of thioether (sulfide) groups is 2. The highest BCUT2D eigenvalue weighted by Crippen LogP contribution is 2.63. The molecule has 6 rings (SSSR count). The molecule has 0 aliphatic carbocycles. The Morgan fingerprint density at radius 2 is 0.861 bits per heavy atom. The molecule has 2 aliphatic rings. The molecule has 608 valence electrons. The fraction of sp³-hybridized carbons (Fsp3) is 0.625. The van der Waals surface area contributed by atoms with E-state index >= 15 is 0 Å². The highest BCUT2D eigenvalue weighted by molar-refractivity contribution is 8.14. The van der Waals surface area contributed by atoms with E-state index in [1.165, 1.54) is 27.7 Å². The second-order valence-corrected chi connectivity index (χ2v) is 34.5. The number of nitrogens with one attached hydrogen (secondary N) is 4. The van der Waals surface area contributed by atoms with Gasteiger partial charge in [0.25, 0.3) is 0 Å². The summed E-state index contributed by atoms with van der Waals surface area (Å²) in [5.74, 6) is -5.59. The van der Waals surface area contributed by atoms with Gasteiger partial charge in [0.1, 0.15) is 85.4 Å². The minimum absolute atomic E-state index is 0.0185. The first kappa shape index (κ1) is 92.7. The fourth-order valence-corrected chi connectivity index (χ4v) is 15.9. The predicted octanol–water partition coefficient (Wildman–Crippen LogP) is -3.72. The molecule has 2 fully saturated rings. The van der Waals surface area contributed by atoms with Crippen molar-refractivity contribution < 1.29 is 181 Å². The summed E-state index contributed by atoms with van der Waals surface area (Å²) in [5.41, 5.74) is 8.38. The Labute approximate surface area is 615 Å². The number of rotatable bonds is 42. The molecule has 4 aromatic heterocycles. The number of carboxylic acids is 2. The van der Waals surface area contributed by atoms with Gasteiger partial charge in [-0.05, 0) is 0 Å². The van der Waals surface area contributed by atoms with Crippen molar-refractivity contribution in [3.8, 4) is 0 Å². The summed E-state index contributed by atoms with van der Waals surface area (Å²) in [7, 11) is -32.9. The van der Waals surface area contributed by atoms with Crippen molar-refractivity contribution in [3.63, 3.8) is 0 Å². The van der Waals surface area contributed by atoms with Crippen molar-refractivity contribution in [2.75, 3.05) is 75.6 Å². The predicted molar refractivity (Wildman–Crippen MR) is 359 cm³/mol. The lowest BCUT2D eigenvalue weighted by Crippen LogP contribution is -2.46.